The zero-order valence-electron chi connectivity index (χ0n) is 11.5. The Hall–Kier alpha value is -0.0800. The first kappa shape index (κ1) is 11.7. The molecular weight excluding hydrogens is 222 g/mol. The Balaban J connectivity index is 1.50. The number of hydrogen-bond donors (Lipinski definition) is 1. The molecule has 0 bridgehead atoms. The van der Waals surface area contributed by atoms with Gasteiger partial charge in [0.2, 0.25) is 0 Å². The number of nitrogens with one attached hydrogen (secondary N) is 1. The van der Waals surface area contributed by atoms with E-state index < -0.39 is 0 Å². The molecule has 2 heteroatoms. The summed E-state index contributed by atoms with van der Waals surface area (Å²) in [5.41, 5.74) is 0.442. The molecule has 0 aromatic rings. The fraction of sp³-hybridized carbons (Fsp3) is 1.00. The van der Waals surface area contributed by atoms with Crippen molar-refractivity contribution in [2.24, 2.45) is 11.8 Å². The Bertz CT molecular complexity index is 315. The molecule has 18 heavy (non-hydrogen) atoms. The summed E-state index contributed by atoms with van der Waals surface area (Å²) >= 11 is 0. The monoisotopic (exact) mass is 249 g/mol. The van der Waals surface area contributed by atoms with Gasteiger partial charge in [-0.25, -0.2) is 0 Å². The molecule has 0 amide bonds. The quantitative estimate of drug-likeness (QED) is 0.770. The highest BCUT2D eigenvalue weighted by atomic mass is 16.5. The summed E-state index contributed by atoms with van der Waals surface area (Å²) in [4.78, 5) is 0. The molecular formula is C16H27NO. The van der Waals surface area contributed by atoms with Gasteiger partial charge in [-0.05, 0) is 56.8 Å². The summed E-state index contributed by atoms with van der Waals surface area (Å²) in [5.74, 6) is 2.05. The van der Waals surface area contributed by atoms with Gasteiger partial charge in [0.05, 0.1) is 11.2 Å². The van der Waals surface area contributed by atoms with Crippen molar-refractivity contribution in [2.45, 2.75) is 75.4 Å². The van der Waals surface area contributed by atoms with Crippen molar-refractivity contribution >= 4 is 0 Å². The molecule has 4 fully saturated rings. The van der Waals surface area contributed by atoms with Crippen LogP contribution in [0.1, 0.15) is 64.2 Å². The van der Waals surface area contributed by atoms with E-state index in [1.807, 2.05) is 0 Å². The van der Waals surface area contributed by atoms with Crippen LogP contribution < -0.4 is 5.32 Å². The van der Waals surface area contributed by atoms with Crippen molar-refractivity contribution < 1.29 is 4.74 Å². The molecule has 1 saturated heterocycles. The van der Waals surface area contributed by atoms with Crippen LogP contribution in [0.5, 0.6) is 0 Å². The summed E-state index contributed by atoms with van der Waals surface area (Å²) in [6.07, 6.45) is 13.9. The summed E-state index contributed by atoms with van der Waals surface area (Å²) in [7, 11) is 0. The van der Waals surface area contributed by atoms with Gasteiger partial charge < -0.3 is 10.1 Å². The average molecular weight is 249 g/mol. The Labute approximate surface area is 111 Å². The highest BCUT2D eigenvalue weighted by molar-refractivity contribution is 5.02. The fourth-order valence-electron chi connectivity index (χ4n) is 4.94. The minimum absolute atomic E-state index is 0.216. The van der Waals surface area contributed by atoms with Gasteiger partial charge in [0, 0.05) is 13.1 Å². The highest BCUT2D eigenvalue weighted by Gasteiger charge is 2.50. The van der Waals surface area contributed by atoms with Crippen LogP contribution in [0, 0.1) is 11.8 Å². The number of ether oxygens (including phenoxy) is 1. The van der Waals surface area contributed by atoms with Crippen molar-refractivity contribution in [1.29, 1.82) is 0 Å². The molecule has 2 unspecified atom stereocenters. The lowest BCUT2D eigenvalue weighted by Crippen LogP contribution is -2.60. The molecule has 2 spiro atoms. The predicted molar refractivity (Wildman–Crippen MR) is 72.6 cm³/mol. The maximum atomic E-state index is 6.81. The van der Waals surface area contributed by atoms with Crippen LogP contribution in [0.3, 0.4) is 0 Å². The second-order valence-electron chi connectivity index (χ2n) is 7.47. The molecule has 3 aliphatic carbocycles. The Kier molecular flexibility index (Phi) is 2.74. The standard InChI is InChI=1S/C16H27NO/c1-2-8-15(7-1)11-17-12-16(18-15)9-3-4-14(10-16)13-5-6-13/h13-14,17H,1-12H2. The average Bonchev–Trinajstić information content (AvgIpc) is 3.13. The van der Waals surface area contributed by atoms with Crippen LogP contribution in [0.4, 0.5) is 0 Å². The first-order valence-corrected chi connectivity index (χ1v) is 8.20. The van der Waals surface area contributed by atoms with E-state index in [-0.39, 0.29) is 11.2 Å². The lowest BCUT2D eigenvalue weighted by atomic mass is 9.74. The molecule has 0 aromatic carbocycles. The maximum Gasteiger partial charge on any atom is 0.0817 e. The second kappa shape index (κ2) is 4.21. The largest absolute Gasteiger partial charge is 0.366 e. The summed E-state index contributed by atoms with van der Waals surface area (Å²) in [6, 6.07) is 0. The van der Waals surface area contributed by atoms with Crippen LogP contribution >= 0.6 is 0 Å². The predicted octanol–water partition coefficient (Wildman–Crippen LogP) is 3.26. The Morgan fingerprint density at radius 3 is 2.28 bits per heavy atom. The molecule has 0 radical (unpaired) electrons. The van der Waals surface area contributed by atoms with Gasteiger partial charge in [0.15, 0.2) is 0 Å². The minimum Gasteiger partial charge on any atom is -0.366 e. The number of rotatable bonds is 1. The van der Waals surface area contributed by atoms with Gasteiger partial charge in [-0.15, -0.1) is 0 Å². The van der Waals surface area contributed by atoms with E-state index in [0.717, 1.165) is 24.9 Å². The molecule has 102 valence electrons. The van der Waals surface area contributed by atoms with E-state index in [4.69, 9.17) is 4.74 Å². The van der Waals surface area contributed by atoms with Gasteiger partial charge in [0.25, 0.3) is 0 Å². The first-order valence-electron chi connectivity index (χ1n) is 8.20. The second-order valence-corrected chi connectivity index (χ2v) is 7.47. The molecule has 0 aromatic heterocycles. The van der Waals surface area contributed by atoms with Crippen molar-refractivity contribution in [1.82, 2.24) is 5.32 Å². The number of hydrogen-bond acceptors (Lipinski definition) is 2. The maximum absolute atomic E-state index is 6.81. The molecule has 1 N–H and O–H groups in total. The van der Waals surface area contributed by atoms with Gasteiger partial charge in [-0.3, -0.25) is 0 Å². The van der Waals surface area contributed by atoms with Crippen molar-refractivity contribution in [2.75, 3.05) is 13.1 Å². The van der Waals surface area contributed by atoms with E-state index in [0.29, 0.717) is 0 Å². The zero-order valence-corrected chi connectivity index (χ0v) is 11.5. The SMILES string of the molecule is C1CCC2(C1)CNCC1(CCCC(C3CC3)C1)O2. The van der Waals surface area contributed by atoms with Crippen LogP contribution in [-0.2, 0) is 4.74 Å². The van der Waals surface area contributed by atoms with E-state index in [1.54, 1.807) is 0 Å². The van der Waals surface area contributed by atoms with Crippen molar-refractivity contribution in [3.8, 4) is 0 Å². The lowest BCUT2D eigenvalue weighted by Gasteiger charge is -2.51. The first-order chi connectivity index (χ1) is 8.79. The normalized spacial score (nSPS) is 43.7. The smallest absolute Gasteiger partial charge is 0.0817 e. The van der Waals surface area contributed by atoms with Gasteiger partial charge >= 0.3 is 0 Å². The summed E-state index contributed by atoms with van der Waals surface area (Å²) < 4.78 is 6.81. The molecule has 3 saturated carbocycles. The molecule has 1 aliphatic heterocycles. The third kappa shape index (κ3) is 2.02. The molecule has 4 rings (SSSR count). The third-order valence-electron chi connectivity index (χ3n) is 5.97. The van der Waals surface area contributed by atoms with Gasteiger partial charge in [-0.1, -0.05) is 19.3 Å². The van der Waals surface area contributed by atoms with Crippen molar-refractivity contribution in [3.63, 3.8) is 0 Å². The Morgan fingerprint density at radius 2 is 1.50 bits per heavy atom. The topological polar surface area (TPSA) is 21.3 Å². The molecule has 2 atom stereocenters. The van der Waals surface area contributed by atoms with E-state index in [2.05, 4.69) is 5.32 Å². The van der Waals surface area contributed by atoms with Crippen molar-refractivity contribution in [3.05, 3.63) is 0 Å². The van der Waals surface area contributed by atoms with E-state index >= 15 is 0 Å². The Morgan fingerprint density at radius 1 is 0.778 bits per heavy atom. The third-order valence-corrected chi connectivity index (χ3v) is 5.97. The minimum atomic E-state index is 0.216. The number of morpholine rings is 1. The van der Waals surface area contributed by atoms with Crippen LogP contribution in [-0.4, -0.2) is 24.3 Å². The van der Waals surface area contributed by atoms with Gasteiger partial charge in [0.1, 0.15) is 0 Å². The molecule has 1 heterocycles. The zero-order chi connectivity index (χ0) is 12.1. The van der Waals surface area contributed by atoms with Gasteiger partial charge in [-0.2, -0.15) is 0 Å². The van der Waals surface area contributed by atoms with Crippen LogP contribution in [0.2, 0.25) is 0 Å². The van der Waals surface area contributed by atoms with Crippen LogP contribution in [0.25, 0.3) is 0 Å². The van der Waals surface area contributed by atoms with E-state index in [1.165, 1.54) is 64.2 Å². The van der Waals surface area contributed by atoms with E-state index in [9.17, 15) is 0 Å². The van der Waals surface area contributed by atoms with Crippen LogP contribution in [0.15, 0.2) is 0 Å². The molecule has 2 nitrogen and oxygen atoms in total. The fourth-order valence-corrected chi connectivity index (χ4v) is 4.94. The lowest BCUT2D eigenvalue weighted by molar-refractivity contribution is -0.195. The summed E-state index contributed by atoms with van der Waals surface area (Å²) in [5, 5.41) is 3.73. The highest BCUT2D eigenvalue weighted by Crippen LogP contribution is 2.50. The summed E-state index contributed by atoms with van der Waals surface area (Å²) in [6.45, 7) is 2.24. The molecule has 4 aliphatic rings.